The normalized spacial score (nSPS) is 25.4. The van der Waals surface area contributed by atoms with Crippen molar-refractivity contribution in [2.75, 3.05) is 12.5 Å². The van der Waals surface area contributed by atoms with Gasteiger partial charge in [-0.05, 0) is 0 Å². The summed E-state index contributed by atoms with van der Waals surface area (Å²) in [5.41, 5.74) is -3.69. The summed E-state index contributed by atoms with van der Waals surface area (Å²) in [6.45, 7) is -0.319. The fourth-order valence-electron chi connectivity index (χ4n) is 1.38. The highest BCUT2D eigenvalue weighted by Gasteiger charge is 2.84. The molecule has 0 radical (unpaired) electrons. The van der Waals surface area contributed by atoms with Crippen LogP contribution in [0.5, 0.6) is 0 Å². The van der Waals surface area contributed by atoms with E-state index < -0.39 is 30.3 Å². The smallest absolute Gasteiger partial charge is 0.376 e. The lowest BCUT2D eigenvalue weighted by atomic mass is 10.1. The minimum Gasteiger partial charge on any atom is -0.376 e. The quantitative estimate of drug-likeness (QED) is 0.557. The molecule has 1 aliphatic rings. The van der Waals surface area contributed by atoms with Crippen LogP contribution >= 0.6 is 11.6 Å². The summed E-state index contributed by atoms with van der Waals surface area (Å²) in [4.78, 5) is 0. The zero-order chi connectivity index (χ0) is 11.9. The second kappa shape index (κ2) is 3.69. The van der Waals surface area contributed by atoms with E-state index >= 15 is 0 Å². The molecule has 0 spiro atoms. The first-order valence-electron chi connectivity index (χ1n) is 3.98. The van der Waals surface area contributed by atoms with Crippen LogP contribution < -0.4 is 0 Å². The van der Waals surface area contributed by atoms with E-state index in [-0.39, 0.29) is 12.5 Å². The summed E-state index contributed by atoms with van der Waals surface area (Å²) in [6.07, 6.45) is -13.6. The summed E-state index contributed by atoms with van der Waals surface area (Å²) < 4.78 is 77.8. The molecule has 0 N–H and O–H groups in total. The van der Waals surface area contributed by atoms with Crippen LogP contribution in [0, 0.1) is 5.41 Å². The van der Waals surface area contributed by atoms with Gasteiger partial charge in [-0.1, -0.05) is 0 Å². The molecule has 1 aliphatic carbocycles. The highest BCUT2D eigenvalue weighted by atomic mass is 35.5. The standard InChI is InChI=1S/C7H7ClF6O/c8-1-2-15-4-3-5(4,6(9,10)11)7(12,13)14/h4H,1-3H2. The molecular weight excluding hydrogens is 250 g/mol. The van der Waals surface area contributed by atoms with Crippen LogP contribution in [0.1, 0.15) is 6.42 Å². The molecule has 0 aliphatic heterocycles. The lowest BCUT2D eigenvalue weighted by Crippen LogP contribution is -2.42. The number of ether oxygens (including phenoxy) is 1. The maximum atomic E-state index is 12.2. The largest absolute Gasteiger partial charge is 0.405 e. The Hall–Kier alpha value is -0.170. The monoisotopic (exact) mass is 256 g/mol. The average molecular weight is 257 g/mol. The van der Waals surface area contributed by atoms with Gasteiger partial charge in [0.05, 0.1) is 12.7 Å². The first-order valence-corrected chi connectivity index (χ1v) is 4.51. The average Bonchev–Trinajstić information content (AvgIpc) is 2.73. The zero-order valence-corrected chi connectivity index (χ0v) is 8.01. The molecule has 1 nitrogen and oxygen atoms in total. The number of alkyl halides is 7. The summed E-state index contributed by atoms with van der Waals surface area (Å²) >= 11 is 5.11. The molecule has 15 heavy (non-hydrogen) atoms. The molecule has 1 atom stereocenters. The Balaban J connectivity index is 2.78. The van der Waals surface area contributed by atoms with Crippen molar-refractivity contribution in [1.29, 1.82) is 0 Å². The van der Waals surface area contributed by atoms with Gasteiger partial charge in [-0.25, -0.2) is 0 Å². The van der Waals surface area contributed by atoms with Crippen LogP contribution in [0.2, 0.25) is 0 Å². The minimum absolute atomic E-state index is 0.137. The number of rotatable bonds is 3. The van der Waals surface area contributed by atoms with Crippen molar-refractivity contribution in [2.24, 2.45) is 5.41 Å². The van der Waals surface area contributed by atoms with Gasteiger partial charge >= 0.3 is 12.4 Å². The Morgan fingerprint density at radius 2 is 1.60 bits per heavy atom. The molecule has 1 unspecified atom stereocenters. The molecule has 1 rings (SSSR count). The van der Waals surface area contributed by atoms with Gasteiger partial charge in [-0.15, -0.1) is 11.6 Å². The van der Waals surface area contributed by atoms with Gasteiger partial charge in [-0.2, -0.15) is 26.3 Å². The molecular formula is C7H7ClF6O. The van der Waals surface area contributed by atoms with Crippen LogP contribution in [-0.2, 0) is 4.74 Å². The van der Waals surface area contributed by atoms with E-state index in [4.69, 9.17) is 11.6 Å². The van der Waals surface area contributed by atoms with E-state index in [0.29, 0.717) is 0 Å². The fraction of sp³-hybridized carbons (Fsp3) is 1.00. The third-order valence-corrected chi connectivity index (χ3v) is 2.46. The summed E-state index contributed by atoms with van der Waals surface area (Å²) in [5.74, 6) is -0.137. The van der Waals surface area contributed by atoms with Crippen molar-refractivity contribution >= 4 is 11.6 Å². The predicted octanol–water partition coefficient (Wildman–Crippen LogP) is 3.13. The lowest BCUT2D eigenvalue weighted by molar-refractivity contribution is -0.310. The Morgan fingerprint density at radius 1 is 1.13 bits per heavy atom. The van der Waals surface area contributed by atoms with Crippen molar-refractivity contribution in [3.8, 4) is 0 Å². The Kier molecular flexibility index (Phi) is 3.17. The third-order valence-electron chi connectivity index (χ3n) is 2.30. The zero-order valence-electron chi connectivity index (χ0n) is 7.25. The van der Waals surface area contributed by atoms with Crippen molar-refractivity contribution in [3.05, 3.63) is 0 Å². The molecule has 0 aromatic rings. The first kappa shape index (κ1) is 12.9. The Labute approximate surface area is 86.3 Å². The van der Waals surface area contributed by atoms with Gasteiger partial charge in [0, 0.05) is 12.3 Å². The molecule has 1 saturated carbocycles. The molecule has 90 valence electrons. The first-order chi connectivity index (χ1) is 6.67. The summed E-state index contributed by atoms with van der Waals surface area (Å²) in [5, 5.41) is 0. The lowest BCUT2D eigenvalue weighted by Gasteiger charge is -2.23. The summed E-state index contributed by atoms with van der Waals surface area (Å²) in [6, 6.07) is 0. The van der Waals surface area contributed by atoms with Crippen molar-refractivity contribution < 1.29 is 31.1 Å². The van der Waals surface area contributed by atoms with Gasteiger partial charge in [0.25, 0.3) is 0 Å². The van der Waals surface area contributed by atoms with Crippen LogP contribution in [0.25, 0.3) is 0 Å². The van der Waals surface area contributed by atoms with Crippen LogP contribution in [0.3, 0.4) is 0 Å². The Morgan fingerprint density at radius 3 is 1.87 bits per heavy atom. The van der Waals surface area contributed by atoms with E-state index in [1.807, 2.05) is 0 Å². The molecule has 8 heteroatoms. The number of hydrogen-bond acceptors (Lipinski definition) is 1. The van der Waals surface area contributed by atoms with Crippen molar-refractivity contribution in [3.63, 3.8) is 0 Å². The predicted molar refractivity (Wildman–Crippen MR) is 39.6 cm³/mol. The molecule has 0 amide bonds. The van der Waals surface area contributed by atoms with E-state index in [2.05, 4.69) is 4.74 Å². The highest BCUT2D eigenvalue weighted by Crippen LogP contribution is 2.67. The second-order valence-corrected chi connectivity index (χ2v) is 3.60. The van der Waals surface area contributed by atoms with Gasteiger partial charge in [0.15, 0.2) is 5.41 Å². The SMILES string of the molecule is FC(F)(F)C1(C(F)(F)F)CC1OCCCl. The van der Waals surface area contributed by atoms with Gasteiger partial charge < -0.3 is 4.74 Å². The van der Waals surface area contributed by atoms with Gasteiger partial charge in [-0.3, -0.25) is 0 Å². The van der Waals surface area contributed by atoms with E-state index in [0.717, 1.165) is 0 Å². The number of halogens is 7. The Bertz CT molecular complexity index is 221. The molecule has 0 bridgehead atoms. The number of hydrogen-bond donors (Lipinski definition) is 0. The maximum Gasteiger partial charge on any atom is 0.405 e. The minimum atomic E-state index is -5.33. The van der Waals surface area contributed by atoms with E-state index in [9.17, 15) is 26.3 Å². The fourth-order valence-corrected chi connectivity index (χ4v) is 1.47. The summed E-state index contributed by atoms with van der Waals surface area (Å²) in [7, 11) is 0. The second-order valence-electron chi connectivity index (χ2n) is 3.22. The topological polar surface area (TPSA) is 9.23 Å². The molecule has 1 fully saturated rings. The highest BCUT2D eigenvalue weighted by molar-refractivity contribution is 6.17. The van der Waals surface area contributed by atoms with Gasteiger partial charge in [0.1, 0.15) is 0 Å². The van der Waals surface area contributed by atoms with Crippen LogP contribution in [0.15, 0.2) is 0 Å². The molecule has 0 heterocycles. The van der Waals surface area contributed by atoms with E-state index in [1.54, 1.807) is 0 Å². The van der Waals surface area contributed by atoms with E-state index in [1.165, 1.54) is 0 Å². The van der Waals surface area contributed by atoms with Crippen molar-refractivity contribution in [2.45, 2.75) is 24.9 Å². The maximum absolute atomic E-state index is 12.2. The van der Waals surface area contributed by atoms with Gasteiger partial charge in [0.2, 0.25) is 0 Å². The molecule has 0 aromatic heterocycles. The van der Waals surface area contributed by atoms with Crippen molar-refractivity contribution in [1.82, 2.24) is 0 Å². The van der Waals surface area contributed by atoms with Crippen LogP contribution in [-0.4, -0.2) is 30.9 Å². The third kappa shape index (κ3) is 2.04. The molecule has 0 aromatic carbocycles. The molecule has 0 saturated heterocycles. The van der Waals surface area contributed by atoms with Crippen LogP contribution in [0.4, 0.5) is 26.3 Å².